The summed E-state index contributed by atoms with van der Waals surface area (Å²) in [6.07, 6.45) is 5.67. The summed E-state index contributed by atoms with van der Waals surface area (Å²) < 4.78 is 26.8. The van der Waals surface area contributed by atoms with Gasteiger partial charge in [-0.05, 0) is 41.8 Å². The van der Waals surface area contributed by atoms with Gasteiger partial charge in [-0.25, -0.2) is 13.8 Å². The zero-order chi connectivity index (χ0) is 19.4. The minimum absolute atomic E-state index is 0.301. The molecular weight excluding hydrogens is 350 g/mol. The third kappa shape index (κ3) is 4.08. The van der Waals surface area contributed by atoms with Gasteiger partial charge >= 0.3 is 0 Å². The van der Waals surface area contributed by atoms with Crippen LogP contribution in [0.15, 0.2) is 48.9 Å². The van der Waals surface area contributed by atoms with E-state index in [1.807, 2.05) is 13.0 Å². The first-order valence-electron chi connectivity index (χ1n) is 8.27. The van der Waals surface area contributed by atoms with E-state index in [4.69, 9.17) is 0 Å². The number of carbonyl (C=O) groups excluding carboxylic acids is 1. The number of anilines is 2. The predicted molar refractivity (Wildman–Crippen MR) is 100 cm³/mol. The molecule has 1 N–H and O–H groups in total. The SMILES string of the molecule is CNc1ncc(-c2ccc(F)c(F)c2)cc1N(C=O)Cc1cncc(C)c1. The molecule has 0 radical (unpaired) electrons. The first-order chi connectivity index (χ1) is 13.0. The van der Waals surface area contributed by atoms with Crippen molar-refractivity contribution >= 4 is 17.9 Å². The summed E-state index contributed by atoms with van der Waals surface area (Å²) in [7, 11) is 1.69. The van der Waals surface area contributed by atoms with Gasteiger partial charge < -0.3 is 10.2 Å². The lowest BCUT2D eigenvalue weighted by Gasteiger charge is -2.21. The van der Waals surface area contributed by atoms with Crippen molar-refractivity contribution in [2.24, 2.45) is 0 Å². The van der Waals surface area contributed by atoms with E-state index in [9.17, 15) is 13.6 Å². The van der Waals surface area contributed by atoms with Gasteiger partial charge in [0.05, 0.1) is 12.2 Å². The van der Waals surface area contributed by atoms with Crippen molar-refractivity contribution in [2.75, 3.05) is 17.3 Å². The van der Waals surface area contributed by atoms with E-state index in [0.717, 1.165) is 23.3 Å². The van der Waals surface area contributed by atoms with Crippen molar-refractivity contribution < 1.29 is 13.6 Å². The molecule has 0 unspecified atom stereocenters. The number of aryl methyl sites for hydroxylation is 1. The van der Waals surface area contributed by atoms with Crippen LogP contribution in [0, 0.1) is 18.6 Å². The fourth-order valence-corrected chi connectivity index (χ4v) is 2.78. The fourth-order valence-electron chi connectivity index (χ4n) is 2.78. The van der Waals surface area contributed by atoms with E-state index < -0.39 is 11.6 Å². The van der Waals surface area contributed by atoms with Crippen LogP contribution in [0.2, 0.25) is 0 Å². The summed E-state index contributed by atoms with van der Waals surface area (Å²) in [5.41, 5.74) is 3.41. The highest BCUT2D eigenvalue weighted by Gasteiger charge is 2.15. The molecule has 0 aliphatic heterocycles. The summed E-state index contributed by atoms with van der Waals surface area (Å²) in [5.74, 6) is -1.36. The van der Waals surface area contributed by atoms with E-state index in [1.54, 1.807) is 31.7 Å². The monoisotopic (exact) mass is 368 g/mol. The van der Waals surface area contributed by atoms with Gasteiger partial charge in [-0.1, -0.05) is 12.1 Å². The van der Waals surface area contributed by atoms with Crippen LogP contribution >= 0.6 is 0 Å². The van der Waals surface area contributed by atoms with E-state index in [-0.39, 0.29) is 0 Å². The Labute approximate surface area is 155 Å². The summed E-state index contributed by atoms with van der Waals surface area (Å²) in [6.45, 7) is 2.22. The third-order valence-electron chi connectivity index (χ3n) is 4.08. The number of amides is 1. The number of benzene rings is 1. The lowest BCUT2D eigenvalue weighted by molar-refractivity contribution is -0.107. The van der Waals surface area contributed by atoms with Crippen molar-refractivity contribution in [1.29, 1.82) is 0 Å². The van der Waals surface area contributed by atoms with Gasteiger partial charge in [0.15, 0.2) is 11.6 Å². The Morgan fingerprint density at radius 3 is 2.56 bits per heavy atom. The number of aromatic nitrogens is 2. The van der Waals surface area contributed by atoms with Crippen LogP contribution in [-0.4, -0.2) is 23.4 Å². The smallest absolute Gasteiger partial charge is 0.214 e. The molecule has 0 spiro atoms. The Balaban J connectivity index is 2.01. The van der Waals surface area contributed by atoms with Crippen LogP contribution in [0.25, 0.3) is 11.1 Å². The molecule has 3 aromatic rings. The van der Waals surface area contributed by atoms with Crippen LogP contribution in [0.5, 0.6) is 0 Å². The van der Waals surface area contributed by atoms with Crippen molar-refractivity contribution in [2.45, 2.75) is 13.5 Å². The van der Waals surface area contributed by atoms with Crippen molar-refractivity contribution in [3.05, 3.63) is 71.7 Å². The first-order valence-corrected chi connectivity index (χ1v) is 8.27. The third-order valence-corrected chi connectivity index (χ3v) is 4.08. The Morgan fingerprint density at radius 1 is 1.07 bits per heavy atom. The molecule has 27 heavy (non-hydrogen) atoms. The number of rotatable bonds is 6. The summed E-state index contributed by atoms with van der Waals surface area (Å²) in [6, 6.07) is 7.28. The topological polar surface area (TPSA) is 58.1 Å². The molecule has 3 rings (SSSR count). The Bertz CT molecular complexity index is 978. The number of halogens is 2. The minimum atomic E-state index is -0.940. The highest BCUT2D eigenvalue weighted by molar-refractivity contribution is 5.84. The highest BCUT2D eigenvalue weighted by Crippen LogP contribution is 2.30. The Kier molecular flexibility index (Phi) is 5.40. The van der Waals surface area contributed by atoms with Crippen LogP contribution in [0.3, 0.4) is 0 Å². The summed E-state index contributed by atoms with van der Waals surface area (Å²) >= 11 is 0. The van der Waals surface area contributed by atoms with E-state index in [2.05, 4.69) is 15.3 Å². The molecule has 0 fully saturated rings. The second kappa shape index (κ2) is 7.90. The van der Waals surface area contributed by atoms with Gasteiger partial charge in [-0.15, -0.1) is 0 Å². The number of carbonyl (C=O) groups is 1. The average molecular weight is 368 g/mol. The largest absolute Gasteiger partial charge is 0.371 e. The molecule has 0 saturated heterocycles. The molecule has 2 aromatic heterocycles. The molecule has 0 bridgehead atoms. The molecule has 1 amide bonds. The number of hydrogen-bond acceptors (Lipinski definition) is 4. The van der Waals surface area contributed by atoms with Crippen molar-refractivity contribution in [3.8, 4) is 11.1 Å². The molecule has 0 saturated carbocycles. The lowest BCUT2D eigenvalue weighted by atomic mass is 10.1. The molecule has 0 aliphatic carbocycles. The maximum atomic E-state index is 13.6. The minimum Gasteiger partial charge on any atom is -0.371 e. The lowest BCUT2D eigenvalue weighted by Crippen LogP contribution is -2.22. The standard InChI is InChI=1S/C20H18F2N4O/c1-13-5-14(9-24-8-13)11-26(12-27)19-7-16(10-25-20(19)23-2)15-3-4-17(21)18(22)6-15/h3-10,12H,11H2,1-2H3,(H,23,25). The van der Waals surface area contributed by atoms with Crippen LogP contribution in [0.4, 0.5) is 20.3 Å². The van der Waals surface area contributed by atoms with Crippen LogP contribution in [-0.2, 0) is 11.3 Å². The van der Waals surface area contributed by atoms with Gasteiger partial charge in [0.25, 0.3) is 0 Å². The normalized spacial score (nSPS) is 10.5. The second-order valence-corrected chi connectivity index (χ2v) is 6.07. The maximum absolute atomic E-state index is 13.6. The van der Waals surface area contributed by atoms with E-state index in [0.29, 0.717) is 35.6 Å². The number of pyridine rings is 2. The fraction of sp³-hybridized carbons (Fsp3) is 0.150. The molecule has 7 heteroatoms. The van der Waals surface area contributed by atoms with Crippen molar-refractivity contribution in [1.82, 2.24) is 9.97 Å². The Hall–Kier alpha value is -3.35. The molecule has 0 aliphatic rings. The van der Waals surface area contributed by atoms with Gasteiger partial charge in [0, 0.05) is 31.2 Å². The first kappa shape index (κ1) is 18.4. The summed E-state index contributed by atoms with van der Waals surface area (Å²) in [4.78, 5) is 21.7. The summed E-state index contributed by atoms with van der Waals surface area (Å²) in [5, 5.41) is 2.95. The number of hydrogen-bond donors (Lipinski definition) is 1. The molecule has 138 valence electrons. The van der Waals surface area contributed by atoms with Gasteiger partial charge in [-0.2, -0.15) is 0 Å². The molecule has 2 heterocycles. The van der Waals surface area contributed by atoms with E-state index >= 15 is 0 Å². The highest BCUT2D eigenvalue weighted by atomic mass is 19.2. The molecular formula is C20H18F2N4O. The van der Waals surface area contributed by atoms with Crippen LogP contribution < -0.4 is 10.2 Å². The molecule has 0 atom stereocenters. The van der Waals surface area contributed by atoms with Gasteiger partial charge in [0.2, 0.25) is 6.41 Å². The van der Waals surface area contributed by atoms with Gasteiger partial charge in [0.1, 0.15) is 5.82 Å². The molecule has 1 aromatic carbocycles. The second-order valence-electron chi connectivity index (χ2n) is 6.07. The quantitative estimate of drug-likeness (QED) is 0.670. The zero-order valence-corrected chi connectivity index (χ0v) is 14.9. The average Bonchev–Trinajstić information content (AvgIpc) is 2.68. The number of nitrogens with one attached hydrogen (secondary N) is 1. The number of nitrogens with zero attached hydrogens (tertiary/aromatic N) is 3. The molecule has 5 nitrogen and oxygen atoms in total. The maximum Gasteiger partial charge on any atom is 0.214 e. The van der Waals surface area contributed by atoms with Gasteiger partial charge in [-0.3, -0.25) is 9.78 Å². The van der Waals surface area contributed by atoms with Crippen molar-refractivity contribution in [3.63, 3.8) is 0 Å². The van der Waals surface area contributed by atoms with E-state index in [1.165, 1.54) is 11.0 Å². The zero-order valence-electron chi connectivity index (χ0n) is 14.9. The van der Waals surface area contributed by atoms with Crippen LogP contribution in [0.1, 0.15) is 11.1 Å². The predicted octanol–water partition coefficient (Wildman–Crippen LogP) is 3.93. The Morgan fingerprint density at radius 2 is 1.89 bits per heavy atom.